The van der Waals surface area contributed by atoms with E-state index in [0.29, 0.717) is 37.6 Å². The van der Waals surface area contributed by atoms with Crippen LogP contribution in [0, 0.1) is 6.92 Å². The van der Waals surface area contributed by atoms with E-state index in [0.717, 1.165) is 61.1 Å². The minimum absolute atomic E-state index is 0.0435. The molecular formula is C27H33F3N2O4. The molecule has 1 aromatic carbocycles. The predicted octanol–water partition coefficient (Wildman–Crippen LogP) is 6.12. The summed E-state index contributed by atoms with van der Waals surface area (Å²) < 4.78 is 55.7. The number of alkyl halides is 3. The van der Waals surface area contributed by atoms with Gasteiger partial charge in [-0.15, -0.1) is 0 Å². The predicted molar refractivity (Wildman–Crippen MR) is 127 cm³/mol. The minimum atomic E-state index is -4.35. The third-order valence-corrected chi connectivity index (χ3v) is 6.98. The Hall–Kier alpha value is -2.52. The molecule has 0 radical (unpaired) electrons. The first-order chi connectivity index (χ1) is 17.3. The summed E-state index contributed by atoms with van der Waals surface area (Å²) in [5, 5.41) is 0. The maximum absolute atomic E-state index is 12.9. The SMILES string of the molecule is CCOC(=O)c1nc(C2CCOCC2)nc(CC[C@H]2CCC[C@@H](c3ccc(C(F)(F)F)cc3)O2)c1C. The third kappa shape index (κ3) is 6.42. The largest absolute Gasteiger partial charge is 0.461 e. The van der Waals surface area contributed by atoms with Crippen LogP contribution >= 0.6 is 0 Å². The first-order valence-corrected chi connectivity index (χ1v) is 12.7. The highest BCUT2D eigenvalue weighted by atomic mass is 19.4. The zero-order chi connectivity index (χ0) is 25.7. The lowest BCUT2D eigenvalue weighted by Crippen LogP contribution is -2.24. The molecule has 196 valence electrons. The van der Waals surface area contributed by atoms with E-state index >= 15 is 0 Å². The molecule has 0 amide bonds. The number of aryl methyl sites for hydroxylation is 1. The number of esters is 1. The Labute approximate surface area is 209 Å². The van der Waals surface area contributed by atoms with E-state index in [2.05, 4.69) is 4.98 Å². The lowest BCUT2D eigenvalue weighted by atomic mass is 9.94. The first kappa shape index (κ1) is 26.5. The van der Waals surface area contributed by atoms with Gasteiger partial charge in [0.2, 0.25) is 0 Å². The molecule has 0 aliphatic carbocycles. The standard InChI is InChI=1S/C27H33F3N2O4/c1-3-35-26(33)24-17(2)22(31-25(32-24)19-13-15-34-16-14-19)12-11-21-5-4-6-23(36-21)18-7-9-20(10-8-18)27(28,29)30/h7-10,19,21,23H,3-6,11-16H2,1-2H3/t21-,23+/m1/s1. The second-order valence-corrected chi connectivity index (χ2v) is 9.45. The molecular weight excluding hydrogens is 473 g/mol. The normalized spacial score (nSPS) is 21.4. The van der Waals surface area contributed by atoms with Gasteiger partial charge in [-0.05, 0) is 76.5 Å². The number of rotatable bonds is 7. The number of hydrogen-bond acceptors (Lipinski definition) is 6. The molecule has 36 heavy (non-hydrogen) atoms. The Kier molecular flexibility index (Phi) is 8.62. The van der Waals surface area contributed by atoms with E-state index in [9.17, 15) is 18.0 Å². The van der Waals surface area contributed by atoms with Crippen molar-refractivity contribution in [3.8, 4) is 0 Å². The first-order valence-electron chi connectivity index (χ1n) is 12.7. The Morgan fingerprint density at radius 2 is 1.81 bits per heavy atom. The van der Waals surface area contributed by atoms with Crippen LogP contribution in [-0.2, 0) is 26.8 Å². The second-order valence-electron chi connectivity index (χ2n) is 9.45. The maximum atomic E-state index is 12.9. The van der Waals surface area contributed by atoms with Crippen molar-refractivity contribution in [3.63, 3.8) is 0 Å². The Morgan fingerprint density at radius 1 is 1.08 bits per heavy atom. The van der Waals surface area contributed by atoms with Gasteiger partial charge in [0, 0.05) is 30.4 Å². The van der Waals surface area contributed by atoms with Crippen LogP contribution in [0.4, 0.5) is 13.2 Å². The van der Waals surface area contributed by atoms with E-state index in [1.807, 2.05) is 6.92 Å². The van der Waals surface area contributed by atoms with Gasteiger partial charge in [0.15, 0.2) is 5.69 Å². The number of aromatic nitrogens is 2. The monoisotopic (exact) mass is 506 g/mol. The molecule has 6 nitrogen and oxygen atoms in total. The number of halogens is 3. The minimum Gasteiger partial charge on any atom is -0.461 e. The van der Waals surface area contributed by atoms with E-state index in [1.165, 1.54) is 12.1 Å². The maximum Gasteiger partial charge on any atom is 0.416 e. The van der Waals surface area contributed by atoms with Crippen molar-refractivity contribution in [1.29, 1.82) is 0 Å². The molecule has 9 heteroatoms. The van der Waals surface area contributed by atoms with Gasteiger partial charge in [0.25, 0.3) is 0 Å². The van der Waals surface area contributed by atoms with Crippen molar-refractivity contribution >= 4 is 5.97 Å². The van der Waals surface area contributed by atoms with Crippen LogP contribution in [0.1, 0.15) is 96.2 Å². The summed E-state index contributed by atoms with van der Waals surface area (Å²) in [6, 6.07) is 5.25. The second kappa shape index (κ2) is 11.7. The molecule has 0 N–H and O–H groups in total. The smallest absolute Gasteiger partial charge is 0.416 e. The molecule has 0 saturated carbocycles. The molecule has 4 rings (SSSR count). The van der Waals surface area contributed by atoms with Crippen molar-refractivity contribution in [1.82, 2.24) is 9.97 Å². The van der Waals surface area contributed by atoms with Crippen molar-refractivity contribution in [2.75, 3.05) is 19.8 Å². The van der Waals surface area contributed by atoms with Crippen LogP contribution in [0.25, 0.3) is 0 Å². The molecule has 0 spiro atoms. The summed E-state index contributed by atoms with van der Waals surface area (Å²) in [6.45, 7) is 5.18. The van der Waals surface area contributed by atoms with Gasteiger partial charge in [-0.2, -0.15) is 13.2 Å². The molecule has 2 saturated heterocycles. The van der Waals surface area contributed by atoms with Gasteiger partial charge >= 0.3 is 12.1 Å². The number of hydrogen-bond donors (Lipinski definition) is 0. The van der Waals surface area contributed by atoms with Crippen LogP contribution < -0.4 is 0 Å². The number of ether oxygens (including phenoxy) is 3. The summed E-state index contributed by atoms with van der Waals surface area (Å²) in [5.41, 5.74) is 1.96. The van der Waals surface area contributed by atoms with Crippen LogP contribution in [0.5, 0.6) is 0 Å². The summed E-state index contributed by atoms with van der Waals surface area (Å²) in [4.78, 5) is 22.1. The quantitative estimate of drug-likeness (QED) is 0.422. The van der Waals surface area contributed by atoms with Crippen LogP contribution in [0.2, 0.25) is 0 Å². The molecule has 0 unspecified atom stereocenters. The Morgan fingerprint density at radius 3 is 2.47 bits per heavy atom. The fourth-order valence-corrected chi connectivity index (χ4v) is 4.90. The van der Waals surface area contributed by atoms with Gasteiger partial charge in [-0.1, -0.05) is 12.1 Å². The van der Waals surface area contributed by atoms with Gasteiger partial charge in [0.05, 0.1) is 24.4 Å². The van der Waals surface area contributed by atoms with Crippen molar-refractivity contribution in [2.45, 2.75) is 83.1 Å². The lowest BCUT2D eigenvalue weighted by molar-refractivity contribution is -0.137. The van der Waals surface area contributed by atoms with Crippen molar-refractivity contribution in [3.05, 3.63) is 58.2 Å². The molecule has 2 atom stereocenters. The summed E-state index contributed by atoms with van der Waals surface area (Å²) in [7, 11) is 0. The fourth-order valence-electron chi connectivity index (χ4n) is 4.90. The number of nitrogens with zero attached hydrogens (tertiary/aromatic N) is 2. The van der Waals surface area contributed by atoms with Crippen LogP contribution in [0.3, 0.4) is 0 Å². The third-order valence-electron chi connectivity index (χ3n) is 6.98. The summed E-state index contributed by atoms with van der Waals surface area (Å²) in [6.07, 6.45) is 0.885. The lowest BCUT2D eigenvalue weighted by Gasteiger charge is -2.31. The Bertz CT molecular complexity index is 1040. The average Bonchev–Trinajstić information content (AvgIpc) is 2.88. The van der Waals surface area contributed by atoms with Gasteiger partial charge in [0.1, 0.15) is 5.82 Å². The number of benzene rings is 1. The van der Waals surface area contributed by atoms with E-state index in [4.69, 9.17) is 19.2 Å². The van der Waals surface area contributed by atoms with Crippen LogP contribution in [-0.4, -0.2) is 41.9 Å². The highest BCUT2D eigenvalue weighted by Crippen LogP contribution is 2.35. The molecule has 0 bridgehead atoms. The van der Waals surface area contributed by atoms with Gasteiger partial charge in [-0.3, -0.25) is 0 Å². The Balaban J connectivity index is 1.47. The highest BCUT2D eigenvalue weighted by molar-refractivity contribution is 5.89. The van der Waals surface area contributed by atoms with Gasteiger partial charge < -0.3 is 14.2 Å². The number of carbonyl (C=O) groups is 1. The van der Waals surface area contributed by atoms with Crippen molar-refractivity contribution < 1.29 is 32.2 Å². The summed E-state index contributed by atoms with van der Waals surface area (Å²) in [5.74, 6) is 0.360. The van der Waals surface area contributed by atoms with E-state index in [1.54, 1.807) is 6.92 Å². The topological polar surface area (TPSA) is 70.5 Å². The van der Waals surface area contributed by atoms with Crippen molar-refractivity contribution in [2.24, 2.45) is 0 Å². The fraction of sp³-hybridized carbons (Fsp3) is 0.593. The van der Waals surface area contributed by atoms with E-state index < -0.39 is 17.7 Å². The molecule has 2 aliphatic rings. The van der Waals surface area contributed by atoms with E-state index in [-0.39, 0.29) is 24.7 Å². The molecule has 2 aromatic rings. The molecule has 1 aromatic heterocycles. The average molecular weight is 507 g/mol. The van der Waals surface area contributed by atoms with Crippen LogP contribution in [0.15, 0.2) is 24.3 Å². The number of carbonyl (C=O) groups excluding carboxylic acids is 1. The zero-order valence-corrected chi connectivity index (χ0v) is 20.8. The molecule has 3 heterocycles. The highest BCUT2D eigenvalue weighted by Gasteiger charge is 2.31. The molecule has 2 aliphatic heterocycles. The summed E-state index contributed by atoms with van der Waals surface area (Å²) >= 11 is 0. The molecule has 2 fully saturated rings. The zero-order valence-electron chi connectivity index (χ0n) is 20.8. The van der Waals surface area contributed by atoms with Gasteiger partial charge in [-0.25, -0.2) is 14.8 Å².